The van der Waals surface area contributed by atoms with Crippen LogP contribution in [-0.4, -0.2) is 23.2 Å². The van der Waals surface area contributed by atoms with Crippen molar-refractivity contribution in [1.82, 2.24) is 4.98 Å². The van der Waals surface area contributed by atoms with Crippen molar-refractivity contribution in [2.75, 3.05) is 7.11 Å². The molecule has 1 heterocycles. The molecule has 118 valence electrons. The van der Waals surface area contributed by atoms with Gasteiger partial charge in [0.1, 0.15) is 5.75 Å². The van der Waals surface area contributed by atoms with Gasteiger partial charge in [-0.3, -0.25) is 4.79 Å². The zero-order valence-electron chi connectivity index (χ0n) is 12.5. The number of aromatic amines is 1. The molecule has 0 amide bonds. The highest BCUT2D eigenvalue weighted by molar-refractivity contribution is 6.31. The third-order valence-electron chi connectivity index (χ3n) is 3.96. The predicted molar refractivity (Wildman–Crippen MR) is 90.4 cm³/mol. The molecule has 0 aliphatic rings. The van der Waals surface area contributed by atoms with E-state index in [2.05, 4.69) is 4.98 Å². The van der Waals surface area contributed by atoms with E-state index in [0.29, 0.717) is 5.02 Å². The minimum atomic E-state index is -0.868. The van der Waals surface area contributed by atoms with E-state index in [9.17, 15) is 9.90 Å². The number of aromatic nitrogens is 1. The molecule has 1 atom stereocenters. The van der Waals surface area contributed by atoms with Crippen molar-refractivity contribution in [1.29, 1.82) is 0 Å². The summed E-state index contributed by atoms with van der Waals surface area (Å²) in [5.74, 6) is -0.471. The number of H-pyrrole nitrogens is 1. The molecule has 2 N–H and O–H groups in total. The molecule has 0 saturated heterocycles. The van der Waals surface area contributed by atoms with Gasteiger partial charge in [0.05, 0.1) is 13.5 Å². The van der Waals surface area contributed by atoms with Crippen LogP contribution in [-0.2, 0) is 4.79 Å². The van der Waals surface area contributed by atoms with Crippen LogP contribution in [0.3, 0.4) is 0 Å². The summed E-state index contributed by atoms with van der Waals surface area (Å²) in [6.07, 6.45) is 1.81. The summed E-state index contributed by atoms with van der Waals surface area (Å²) >= 11 is 6.30. The van der Waals surface area contributed by atoms with E-state index in [1.54, 1.807) is 13.2 Å². The van der Waals surface area contributed by atoms with E-state index >= 15 is 0 Å². The number of halogens is 1. The van der Waals surface area contributed by atoms with Crippen molar-refractivity contribution < 1.29 is 14.6 Å². The Labute approximate surface area is 138 Å². The van der Waals surface area contributed by atoms with Crippen LogP contribution in [0.5, 0.6) is 5.75 Å². The van der Waals surface area contributed by atoms with Gasteiger partial charge in [-0.2, -0.15) is 0 Å². The first kappa shape index (κ1) is 15.4. The summed E-state index contributed by atoms with van der Waals surface area (Å²) < 4.78 is 5.28. The van der Waals surface area contributed by atoms with Gasteiger partial charge in [0.2, 0.25) is 0 Å². The fourth-order valence-corrected chi connectivity index (χ4v) is 3.12. The quantitative estimate of drug-likeness (QED) is 0.727. The van der Waals surface area contributed by atoms with Crippen LogP contribution in [0.25, 0.3) is 10.9 Å². The molecule has 4 nitrogen and oxygen atoms in total. The molecule has 0 bridgehead atoms. The van der Waals surface area contributed by atoms with Crippen LogP contribution in [0, 0.1) is 0 Å². The third kappa shape index (κ3) is 3.03. The van der Waals surface area contributed by atoms with E-state index in [-0.39, 0.29) is 12.3 Å². The van der Waals surface area contributed by atoms with Gasteiger partial charge >= 0.3 is 5.97 Å². The minimum Gasteiger partial charge on any atom is -0.497 e. The van der Waals surface area contributed by atoms with Gasteiger partial charge in [-0.05, 0) is 35.4 Å². The largest absolute Gasteiger partial charge is 0.497 e. The van der Waals surface area contributed by atoms with Gasteiger partial charge in [-0.25, -0.2) is 0 Å². The number of carbonyl (C=O) groups is 1. The highest BCUT2D eigenvalue weighted by Crippen LogP contribution is 2.37. The summed E-state index contributed by atoms with van der Waals surface area (Å²) in [5.41, 5.74) is 2.64. The highest BCUT2D eigenvalue weighted by atomic mass is 35.5. The lowest BCUT2D eigenvalue weighted by Gasteiger charge is -2.16. The first-order chi connectivity index (χ1) is 11.1. The van der Waals surface area contributed by atoms with E-state index in [1.807, 2.05) is 42.6 Å². The number of carboxylic acid groups (broad SMARTS) is 1. The zero-order valence-corrected chi connectivity index (χ0v) is 13.3. The smallest absolute Gasteiger partial charge is 0.304 e. The lowest BCUT2D eigenvalue weighted by atomic mass is 9.88. The predicted octanol–water partition coefficient (Wildman–Crippen LogP) is 4.44. The average molecular weight is 330 g/mol. The summed E-state index contributed by atoms with van der Waals surface area (Å²) in [7, 11) is 1.61. The van der Waals surface area contributed by atoms with Gasteiger partial charge in [0.25, 0.3) is 0 Å². The number of ether oxygens (including phenoxy) is 1. The standard InChI is InChI=1S/C18H16ClNO3/c1-23-11-6-7-17-14(8-11)15(10-20-17)13(9-18(21)22)12-4-2-3-5-16(12)19/h2-8,10,13,20H,9H2,1H3,(H,21,22)/t13-/m0/s1. The highest BCUT2D eigenvalue weighted by Gasteiger charge is 2.23. The van der Waals surface area contributed by atoms with E-state index < -0.39 is 5.97 Å². The molecular weight excluding hydrogens is 314 g/mol. The summed E-state index contributed by atoms with van der Waals surface area (Å²) in [4.78, 5) is 14.6. The first-order valence-corrected chi connectivity index (χ1v) is 7.59. The Morgan fingerprint density at radius 2 is 2.04 bits per heavy atom. The molecule has 3 rings (SSSR count). The summed E-state index contributed by atoms with van der Waals surface area (Å²) in [6.45, 7) is 0. The Balaban J connectivity index is 2.17. The first-order valence-electron chi connectivity index (χ1n) is 7.21. The Kier molecular flexibility index (Phi) is 4.26. The van der Waals surface area contributed by atoms with Crippen molar-refractivity contribution in [3.63, 3.8) is 0 Å². The number of rotatable bonds is 5. The molecule has 0 unspecified atom stereocenters. The number of hydrogen-bond donors (Lipinski definition) is 2. The molecular formula is C18H16ClNO3. The third-order valence-corrected chi connectivity index (χ3v) is 4.30. The van der Waals surface area contributed by atoms with Crippen LogP contribution in [0.1, 0.15) is 23.5 Å². The van der Waals surface area contributed by atoms with Crippen molar-refractivity contribution in [2.45, 2.75) is 12.3 Å². The number of benzene rings is 2. The van der Waals surface area contributed by atoms with Gasteiger partial charge in [-0.15, -0.1) is 0 Å². The molecule has 2 aromatic carbocycles. The van der Waals surface area contributed by atoms with E-state index in [1.165, 1.54) is 0 Å². The van der Waals surface area contributed by atoms with Gasteiger partial charge < -0.3 is 14.8 Å². The molecule has 5 heteroatoms. The van der Waals surface area contributed by atoms with Crippen LogP contribution < -0.4 is 4.74 Å². The molecule has 0 aliphatic heterocycles. The lowest BCUT2D eigenvalue weighted by Crippen LogP contribution is -2.08. The second kappa shape index (κ2) is 6.34. The molecule has 23 heavy (non-hydrogen) atoms. The summed E-state index contributed by atoms with van der Waals surface area (Å²) in [5, 5.41) is 10.8. The molecule has 0 saturated carbocycles. The minimum absolute atomic E-state index is 0.0338. The number of carboxylic acids is 1. The molecule has 0 fully saturated rings. The monoisotopic (exact) mass is 329 g/mol. The fraction of sp³-hybridized carbons (Fsp3) is 0.167. The maximum atomic E-state index is 11.4. The number of hydrogen-bond acceptors (Lipinski definition) is 2. The van der Waals surface area contributed by atoms with Gasteiger partial charge in [0.15, 0.2) is 0 Å². The lowest BCUT2D eigenvalue weighted by molar-refractivity contribution is -0.137. The Hall–Kier alpha value is -2.46. The SMILES string of the molecule is COc1ccc2[nH]cc([C@@H](CC(=O)O)c3ccccc3Cl)c2c1. The molecule has 3 aromatic rings. The number of methoxy groups -OCH3 is 1. The van der Waals surface area contributed by atoms with Crippen LogP contribution >= 0.6 is 11.6 Å². The molecule has 0 radical (unpaired) electrons. The van der Waals surface area contributed by atoms with Crippen molar-refractivity contribution in [3.8, 4) is 5.75 Å². The number of aliphatic carboxylic acids is 1. The number of fused-ring (bicyclic) bond motifs is 1. The Morgan fingerprint density at radius 3 is 2.74 bits per heavy atom. The van der Waals surface area contributed by atoms with E-state index in [4.69, 9.17) is 16.3 Å². The zero-order chi connectivity index (χ0) is 16.4. The molecule has 0 spiro atoms. The van der Waals surface area contributed by atoms with Crippen LogP contribution in [0.15, 0.2) is 48.7 Å². The van der Waals surface area contributed by atoms with E-state index in [0.717, 1.165) is 27.8 Å². The topological polar surface area (TPSA) is 62.3 Å². The Morgan fingerprint density at radius 1 is 1.26 bits per heavy atom. The van der Waals surface area contributed by atoms with Crippen molar-refractivity contribution in [2.24, 2.45) is 0 Å². The Bertz CT molecular complexity index is 856. The molecule has 0 aliphatic carbocycles. The average Bonchev–Trinajstić information content (AvgIpc) is 2.96. The maximum absolute atomic E-state index is 11.4. The fourth-order valence-electron chi connectivity index (χ4n) is 2.86. The van der Waals surface area contributed by atoms with Gasteiger partial charge in [-0.1, -0.05) is 29.8 Å². The number of nitrogens with one attached hydrogen (secondary N) is 1. The van der Waals surface area contributed by atoms with Crippen molar-refractivity contribution in [3.05, 3.63) is 64.8 Å². The normalized spacial score (nSPS) is 12.3. The van der Waals surface area contributed by atoms with Crippen LogP contribution in [0.2, 0.25) is 5.02 Å². The molecule has 1 aromatic heterocycles. The van der Waals surface area contributed by atoms with Gasteiger partial charge in [0, 0.05) is 28.0 Å². The van der Waals surface area contributed by atoms with Crippen LogP contribution in [0.4, 0.5) is 0 Å². The van der Waals surface area contributed by atoms with Crippen molar-refractivity contribution >= 4 is 28.5 Å². The maximum Gasteiger partial charge on any atom is 0.304 e. The second-order valence-corrected chi connectivity index (χ2v) is 5.73. The second-order valence-electron chi connectivity index (χ2n) is 5.33. The summed E-state index contributed by atoms with van der Waals surface area (Å²) in [6, 6.07) is 13.0.